The molecule has 4 heterocycles. The molecule has 1 amide bonds. The Morgan fingerprint density at radius 3 is 2.74 bits per heavy atom. The van der Waals surface area contributed by atoms with Crippen LogP contribution in [-0.4, -0.2) is 58.4 Å². The van der Waals surface area contributed by atoms with Crippen LogP contribution >= 0.6 is 11.6 Å². The number of amides is 1. The fourth-order valence-electron chi connectivity index (χ4n) is 4.81. The molecule has 0 radical (unpaired) electrons. The highest BCUT2D eigenvalue weighted by Gasteiger charge is 2.46. The topological polar surface area (TPSA) is 63.0 Å². The molecule has 3 aromatic rings. The lowest BCUT2D eigenvalue weighted by atomic mass is 10.0. The summed E-state index contributed by atoms with van der Waals surface area (Å²) in [5, 5.41) is 4.66. The summed E-state index contributed by atoms with van der Waals surface area (Å²) in [4.78, 5) is 19.9. The first-order chi connectivity index (χ1) is 16.2. The Balaban J connectivity index is 1.45. The summed E-state index contributed by atoms with van der Waals surface area (Å²) in [5.74, 6) is -1.10. The Kier molecular flexibility index (Phi) is 5.89. The molecule has 1 unspecified atom stereocenters. The predicted octanol–water partition coefficient (Wildman–Crippen LogP) is 4.57. The lowest BCUT2D eigenvalue weighted by molar-refractivity contribution is -0.190. The fraction of sp³-hybridized carbons (Fsp3) is 0.435. The Bertz CT molecular complexity index is 1210. The van der Waals surface area contributed by atoms with Crippen LogP contribution in [0.3, 0.4) is 0 Å². The number of aromatic nitrogens is 3. The SMILES string of the molecule is CN(C(=O)C1CCOC1)[C@@H](c1ccc(N2CCCc3c2cnc2cc(Cl)nn32)cc1)C(F)(F)F. The van der Waals surface area contributed by atoms with Crippen molar-refractivity contribution in [1.82, 2.24) is 19.5 Å². The van der Waals surface area contributed by atoms with Crippen LogP contribution in [0.4, 0.5) is 24.5 Å². The number of alkyl halides is 3. The summed E-state index contributed by atoms with van der Waals surface area (Å²) in [5.41, 5.74) is 3.19. The number of nitrogens with zero attached hydrogens (tertiary/aromatic N) is 5. The van der Waals surface area contributed by atoms with E-state index < -0.39 is 24.0 Å². The highest BCUT2D eigenvalue weighted by Crippen LogP contribution is 2.40. The molecule has 0 saturated carbocycles. The first kappa shape index (κ1) is 22.9. The quantitative estimate of drug-likeness (QED) is 0.533. The van der Waals surface area contributed by atoms with Crippen LogP contribution in [-0.2, 0) is 16.0 Å². The van der Waals surface area contributed by atoms with E-state index in [9.17, 15) is 18.0 Å². The highest BCUT2D eigenvalue weighted by atomic mass is 35.5. The number of anilines is 2. The zero-order valence-electron chi connectivity index (χ0n) is 18.4. The predicted molar refractivity (Wildman–Crippen MR) is 120 cm³/mol. The van der Waals surface area contributed by atoms with E-state index in [1.807, 2.05) is 4.90 Å². The number of carbonyl (C=O) groups is 1. The van der Waals surface area contributed by atoms with Gasteiger partial charge in [0.2, 0.25) is 5.91 Å². The summed E-state index contributed by atoms with van der Waals surface area (Å²) in [6.07, 6.45) is -0.807. The maximum Gasteiger partial charge on any atom is 0.413 e. The second-order valence-electron chi connectivity index (χ2n) is 8.63. The van der Waals surface area contributed by atoms with E-state index in [0.717, 1.165) is 34.8 Å². The monoisotopic (exact) mass is 493 g/mol. The summed E-state index contributed by atoms with van der Waals surface area (Å²) in [6.45, 7) is 1.24. The van der Waals surface area contributed by atoms with Crippen molar-refractivity contribution in [3.8, 4) is 0 Å². The molecule has 0 aliphatic carbocycles. The van der Waals surface area contributed by atoms with Gasteiger partial charge in [-0.1, -0.05) is 23.7 Å². The van der Waals surface area contributed by atoms with Gasteiger partial charge in [0.25, 0.3) is 0 Å². The van der Waals surface area contributed by atoms with Crippen molar-refractivity contribution in [3.05, 3.63) is 52.9 Å². The summed E-state index contributed by atoms with van der Waals surface area (Å²) < 4.78 is 49.0. The summed E-state index contributed by atoms with van der Waals surface area (Å²) in [6, 6.07) is 5.83. The van der Waals surface area contributed by atoms with Crippen molar-refractivity contribution in [2.75, 3.05) is 31.7 Å². The van der Waals surface area contributed by atoms with Crippen molar-refractivity contribution in [1.29, 1.82) is 0 Å². The Morgan fingerprint density at radius 2 is 2.06 bits per heavy atom. The van der Waals surface area contributed by atoms with Gasteiger partial charge in [-0.25, -0.2) is 9.50 Å². The van der Waals surface area contributed by atoms with Gasteiger partial charge in [-0.15, -0.1) is 0 Å². The zero-order chi connectivity index (χ0) is 24.0. The van der Waals surface area contributed by atoms with Gasteiger partial charge in [0, 0.05) is 32.0 Å². The number of halogens is 4. The Hall–Kier alpha value is -2.85. The van der Waals surface area contributed by atoms with Crippen LogP contribution in [0.2, 0.25) is 5.15 Å². The van der Waals surface area contributed by atoms with Gasteiger partial charge < -0.3 is 14.5 Å². The number of benzene rings is 1. The molecule has 2 aromatic heterocycles. The number of hydrogen-bond acceptors (Lipinski definition) is 5. The lowest BCUT2D eigenvalue weighted by Crippen LogP contribution is -2.42. The first-order valence-electron chi connectivity index (χ1n) is 11.1. The van der Waals surface area contributed by atoms with Gasteiger partial charge >= 0.3 is 6.18 Å². The average molecular weight is 494 g/mol. The molecule has 1 saturated heterocycles. The molecule has 180 valence electrons. The van der Waals surface area contributed by atoms with Gasteiger partial charge in [0.15, 0.2) is 16.8 Å². The second-order valence-corrected chi connectivity index (χ2v) is 9.01. The van der Waals surface area contributed by atoms with Crippen molar-refractivity contribution in [3.63, 3.8) is 0 Å². The van der Waals surface area contributed by atoms with E-state index in [2.05, 4.69) is 10.1 Å². The smallest absolute Gasteiger partial charge is 0.381 e. The molecule has 1 aromatic carbocycles. The molecule has 2 atom stereocenters. The highest BCUT2D eigenvalue weighted by molar-refractivity contribution is 6.29. The molecule has 11 heteroatoms. The van der Waals surface area contributed by atoms with Crippen LogP contribution in [0.5, 0.6) is 0 Å². The van der Waals surface area contributed by atoms with Gasteiger partial charge in [-0.3, -0.25) is 4.79 Å². The number of ether oxygens (including phenoxy) is 1. The van der Waals surface area contributed by atoms with E-state index in [4.69, 9.17) is 16.3 Å². The summed E-state index contributed by atoms with van der Waals surface area (Å²) >= 11 is 6.04. The maximum absolute atomic E-state index is 14.0. The molecule has 0 bridgehead atoms. The third kappa shape index (κ3) is 4.09. The molecule has 0 N–H and O–H groups in total. The standard InChI is InChI=1S/C23H23ClF3N5O2/c1-30(22(33)15-8-10-34-13-15)21(23(25,26)27)14-4-6-16(7-5-14)31-9-2-3-17-18(31)12-28-20-11-19(24)29-32(17)20/h4-7,11-12,15,21H,2-3,8-10,13H2,1H3/t15?,21-/m0/s1. The third-order valence-corrected chi connectivity index (χ3v) is 6.65. The van der Waals surface area contributed by atoms with E-state index in [0.29, 0.717) is 30.4 Å². The molecule has 2 aliphatic rings. The normalized spacial score (nSPS) is 19.3. The average Bonchev–Trinajstić information content (AvgIpc) is 3.47. The number of fused-ring (bicyclic) bond motifs is 3. The zero-order valence-corrected chi connectivity index (χ0v) is 19.2. The molecule has 1 fully saturated rings. The van der Waals surface area contributed by atoms with Crippen LogP contribution in [0.1, 0.15) is 30.1 Å². The largest absolute Gasteiger partial charge is 0.413 e. The third-order valence-electron chi connectivity index (χ3n) is 6.46. The number of hydrogen-bond donors (Lipinski definition) is 0. The van der Waals surface area contributed by atoms with Crippen LogP contribution < -0.4 is 4.90 Å². The van der Waals surface area contributed by atoms with E-state index in [-0.39, 0.29) is 12.2 Å². The molecule has 34 heavy (non-hydrogen) atoms. The molecule has 5 rings (SSSR count). The van der Waals surface area contributed by atoms with E-state index in [1.54, 1.807) is 28.9 Å². The number of aryl methyl sites for hydroxylation is 1. The van der Waals surface area contributed by atoms with Crippen LogP contribution in [0.25, 0.3) is 5.65 Å². The van der Waals surface area contributed by atoms with Crippen LogP contribution in [0.15, 0.2) is 36.5 Å². The molecular weight excluding hydrogens is 471 g/mol. The minimum absolute atomic E-state index is 0.00989. The molecule has 7 nitrogen and oxygen atoms in total. The lowest BCUT2D eigenvalue weighted by Gasteiger charge is -2.33. The first-order valence-corrected chi connectivity index (χ1v) is 11.4. The number of carbonyl (C=O) groups excluding carboxylic acids is 1. The fourth-order valence-corrected chi connectivity index (χ4v) is 4.98. The maximum atomic E-state index is 14.0. The second kappa shape index (κ2) is 8.74. The van der Waals surface area contributed by atoms with Crippen molar-refractivity contribution in [2.24, 2.45) is 5.92 Å². The van der Waals surface area contributed by atoms with Gasteiger partial charge in [0.05, 0.1) is 30.1 Å². The Labute approximate surface area is 199 Å². The Morgan fingerprint density at radius 1 is 1.29 bits per heavy atom. The van der Waals surface area contributed by atoms with Gasteiger partial charge in [0.1, 0.15) is 0 Å². The van der Waals surface area contributed by atoms with Crippen molar-refractivity contribution >= 4 is 34.5 Å². The van der Waals surface area contributed by atoms with E-state index >= 15 is 0 Å². The van der Waals surface area contributed by atoms with Crippen LogP contribution in [0, 0.1) is 5.92 Å². The molecule has 0 spiro atoms. The molecule has 2 aliphatic heterocycles. The minimum atomic E-state index is -4.61. The molecular formula is C23H23ClF3N5O2. The van der Waals surface area contributed by atoms with Gasteiger partial charge in [-0.2, -0.15) is 18.3 Å². The van der Waals surface area contributed by atoms with Crippen molar-refractivity contribution in [2.45, 2.75) is 31.5 Å². The van der Waals surface area contributed by atoms with Gasteiger partial charge in [-0.05, 0) is 37.0 Å². The number of rotatable bonds is 4. The summed E-state index contributed by atoms with van der Waals surface area (Å²) in [7, 11) is 1.21. The van der Waals surface area contributed by atoms with Crippen molar-refractivity contribution < 1.29 is 22.7 Å². The van der Waals surface area contributed by atoms with E-state index in [1.165, 1.54) is 19.2 Å². The minimum Gasteiger partial charge on any atom is -0.381 e.